The van der Waals surface area contributed by atoms with E-state index in [-0.39, 0.29) is 5.56 Å². The van der Waals surface area contributed by atoms with Crippen LogP contribution in [0.1, 0.15) is 39.5 Å². The second-order valence-electron chi connectivity index (χ2n) is 6.07. The summed E-state index contributed by atoms with van der Waals surface area (Å²) in [7, 11) is 0. The lowest BCUT2D eigenvalue weighted by Gasteiger charge is -2.32. The maximum Gasteiger partial charge on any atom is 0.268 e. The van der Waals surface area contributed by atoms with E-state index in [4.69, 9.17) is 0 Å². The van der Waals surface area contributed by atoms with Crippen molar-refractivity contribution < 1.29 is 0 Å². The standard InChI is InChI=1S/C16H28N4O/c1-3-7-17-8-5-10-20-16(21)11-15(12-18-20)19-9-4-6-14(2)13-19/h11-12,14,17H,3-10,13H2,1-2H3. The molecular weight excluding hydrogens is 264 g/mol. The Hall–Kier alpha value is -1.36. The minimum atomic E-state index is 0.0150. The van der Waals surface area contributed by atoms with Crippen molar-refractivity contribution in [2.24, 2.45) is 5.92 Å². The molecule has 1 aliphatic heterocycles. The molecule has 21 heavy (non-hydrogen) atoms. The molecule has 0 bridgehead atoms. The highest BCUT2D eigenvalue weighted by molar-refractivity contribution is 5.43. The Morgan fingerprint density at radius 1 is 1.43 bits per heavy atom. The number of aromatic nitrogens is 2. The maximum atomic E-state index is 12.1. The average Bonchev–Trinajstić information content (AvgIpc) is 2.48. The molecule has 0 aromatic carbocycles. The Kier molecular flexibility index (Phi) is 6.23. The molecule has 1 aromatic rings. The molecule has 5 nitrogen and oxygen atoms in total. The van der Waals surface area contributed by atoms with Gasteiger partial charge in [0.15, 0.2) is 0 Å². The van der Waals surface area contributed by atoms with Gasteiger partial charge in [-0.05, 0) is 44.7 Å². The van der Waals surface area contributed by atoms with E-state index in [2.05, 4.69) is 29.2 Å². The van der Waals surface area contributed by atoms with E-state index in [1.807, 2.05) is 6.20 Å². The number of piperidine rings is 1. The number of hydrogen-bond donors (Lipinski definition) is 1. The molecule has 5 heteroatoms. The lowest BCUT2D eigenvalue weighted by Crippen LogP contribution is -2.35. The van der Waals surface area contributed by atoms with Crippen LogP contribution in [0.25, 0.3) is 0 Å². The van der Waals surface area contributed by atoms with Crippen LogP contribution in [0.5, 0.6) is 0 Å². The fraction of sp³-hybridized carbons (Fsp3) is 0.750. The largest absolute Gasteiger partial charge is 0.370 e. The summed E-state index contributed by atoms with van der Waals surface area (Å²) in [5, 5.41) is 7.67. The highest BCUT2D eigenvalue weighted by Gasteiger charge is 2.17. The van der Waals surface area contributed by atoms with Gasteiger partial charge < -0.3 is 10.2 Å². The molecule has 0 radical (unpaired) electrons. The molecule has 0 spiro atoms. The summed E-state index contributed by atoms with van der Waals surface area (Å²) in [6, 6.07) is 1.74. The summed E-state index contributed by atoms with van der Waals surface area (Å²) in [4.78, 5) is 14.4. The van der Waals surface area contributed by atoms with Crippen molar-refractivity contribution in [2.75, 3.05) is 31.1 Å². The van der Waals surface area contributed by atoms with Gasteiger partial charge in [0.1, 0.15) is 0 Å². The van der Waals surface area contributed by atoms with Crippen LogP contribution in [-0.4, -0.2) is 36.0 Å². The number of aryl methyl sites for hydroxylation is 1. The molecule has 0 saturated carbocycles. The fourth-order valence-corrected chi connectivity index (χ4v) is 2.84. The molecule has 1 saturated heterocycles. The quantitative estimate of drug-likeness (QED) is 0.780. The third-order valence-electron chi connectivity index (χ3n) is 4.03. The lowest BCUT2D eigenvalue weighted by molar-refractivity contribution is 0.445. The highest BCUT2D eigenvalue weighted by Crippen LogP contribution is 2.20. The monoisotopic (exact) mass is 292 g/mol. The van der Waals surface area contributed by atoms with E-state index >= 15 is 0 Å². The van der Waals surface area contributed by atoms with E-state index < -0.39 is 0 Å². The van der Waals surface area contributed by atoms with Gasteiger partial charge in [0.05, 0.1) is 11.9 Å². The van der Waals surface area contributed by atoms with Gasteiger partial charge in [-0.3, -0.25) is 4.79 Å². The van der Waals surface area contributed by atoms with Crippen LogP contribution in [0.4, 0.5) is 5.69 Å². The molecule has 0 amide bonds. The number of hydrogen-bond acceptors (Lipinski definition) is 4. The van der Waals surface area contributed by atoms with Gasteiger partial charge in [-0.2, -0.15) is 5.10 Å². The molecule has 1 aliphatic rings. The molecule has 118 valence electrons. The van der Waals surface area contributed by atoms with E-state index in [9.17, 15) is 4.79 Å². The smallest absolute Gasteiger partial charge is 0.268 e. The van der Waals surface area contributed by atoms with Gasteiger partial charge in [-0.25, -0.2) is 4.68 Å². The summed E-state index contributed by atoms with van der Waals surface area (Å²) >= 11 is 0. The Morgan fingerprint density at radius 3 is 3.00 bits per heavy atom. The Bertz CT molecular complexity index is 485. The van der Waals surface area contributed by atoms with Crippen molar-refractivity contribution >= 4 is 5.69 Å². The lowest BCUT2D eigenvalue weighted by atomic mass is 10.00. The first-order valence-corrected chi connectivity index (χ1v) is 8.23. The normalized spacial score (nSPS) is 19.0. The van der Waals surface area contributed by atoms with Crippen molar-refractivity contribution in [3.8, 4) is 0 Å². The maximum absolute atomic E-state index is 12.1. The van der Waals surface area contributed by atoms with E-state index in [0.717, 1.165) is 44.7 Å². The van der Waals surface area contributed by atoms with Crippen LogP contribution in [-0.2, 0) is 6.54 Å². The third-order valence-corrected chi connectivity index (χ3v) is 4.03. The minimum absolute atomic E-state index is 0.0150. The summed E-state index contributed by atoms with van der Waals surface area (Å²) in [5.74, 6) is 0.700. The van der Waals surface area contributed by atoms with Gasteiger partial charge >= 0.3 is 0 Å². The number of nitrogens with one attached hydrogen (secondary N) is 1. The van der Waals surface area contributed by atoms with Crippen molar-refractivity contribution in [3.05, 3.63) is 22.6 Å². The molecule has 1 aromatic heterocycles. The molecule has 1 atom stereocenters. The van der Waals surface area contributed by atoms with Crippen molar-refractivity contribution in [1.29, 1.82) is 0 Å². The average molecular weight is 292 g/mol. The van der Waals surface area contributed by atoms with Crippen LogP contribution < -0.4 is 15.8 Å². The van der Waals surface area contributed by atoms with E-state index in [1.165, 1.54) is 12.8 Å². The van der Waals surface area contributed by atoms with Crippen LogP contribution in [0.15, 0.2) is 17.1 Å². The van der Waals surface area contributed by atoms with Crippen molar-refractivity contribution in [2.45, 2.75) is 46.1 Å². The summed E-state index contributed by atoms with van der Waals surface area (Å²) in [5.41, 5.74) is 0.994. The first-order valence-electron chi connectivity index (χ1n) is 8.23. The van der Waals surface area contributed by atoms with Crippen molar-refractivity contribution in [3.63, 3.8) is 0 Å². The summed E-state index contributed by atoms with van der Waals surface area (Å²) in [6.07, 6.45) is 6.41. The number of nitrogens with zero attached hydrogens (tertiary/aromatic N) is 3. The summed E-state index contributed by atoms with van der Waals surface area (Å²) in [6.45, 7) is 9.15. The second-order valence-corrected chi connectivity index (χ2v) is 6.07. The van der Waals surface area contributed by atoms with Gasteiger partial charge in [0.2, 0.25) is 0 Å². The minimum Gasteiger partial charge on any atom is -0.370 e. The molecule has 1 unspecified atom stereocenters. The van der Waals surface area contributed by atoms with Gasteiger partial charge in [-0.15, -0.1) is 0 Å². The van der Waals surface area contributed by atoms with Gasteiger partial charge in [0.25, 0.3) is 5.56 Å². The Labute approximate surface area is 127 Å². The van der Waals surface area contributed by atoms with E-state index in [1.54, 1.807) is 10.7 Å². The zero-order valence-electron chi connectivity index (χ0n) is 13.3. The summed E-state index contributed by atoms with van der Waals surface area (Å²) < 4.78 is 1.57. The Balaban J connectivity index is 1.89. The van der Waals surface area contributed by atoms with Crippen LogP contribution in [0, 0.1) is 5.92 Å². The molecule has 0 aliphatic carbocycles. The molecular formula is C16H28N4O. The van der Waals surface area contributed by atoms with Gasteiger partial charge in [0, 0.05) is 25.7 Å². The highest BCUT2D eigenvalue weighted by atomic mass is 16.1. The van der Waals surface area contributed by atoms with Gasteiger partial charge in [-0.1, -0.05) is 13.8 Å². The number of anilines is 1. The van der Waals surface area contributed by atoms with Crippen LogP contribution in [0.3, 0.4) is 0 Å². The molecule has 2 heterocycles. The second kappa shape index (κ2) is 8.17. The molecule has 2 rings (SSSR count). The molecule has 1 N–H and O–H groups in total. The topological polar surface area (TPSA) is 50.2 Å². The molecule has 1 fully saturated rings. The zero-order chi connectivity index (χ0) is 15.1. The Morgan fingerprint density at radius 2 is 2.29 bits per heavy atom. The number of rotatable bonds is 7. The van der Waals surface area contributed by atoms with Crippen LogP contribution >= 0.6 is 0 Å². The van der Waals surface area contributed by atoms with Crippen molar-refractivity contribution in [1.82, 2.24) is 15.1 Å². The zero-order valence-corrected chi connectivity index (χ0v) is 13.3. The van der Waals surface area contributed by atoms with E-state index in [0.29, 0.717) is 12.5 Å². The predicted molar refractivity (Wildman–Crippen MR) is 86.9 cm³/mol. The predicted octanol–water partition coefficient (Wildman–Crippen LogP) is 1.87. The first kappa shape index (κ1) is 16.0. The van der Waals surface area contributed by atoms with Crippen LogP contribution in [0.2, 0.25) is 0 Å². The SMILES string of the molecule is CCCNCCCn1ncc(N2CCCC(C)C2)cc1=O. The fourth-order valence-electron chi connectivity index (χ4n) is 2.84. The first-order chi connectivity index (χ1) is 10.2. The third kappa shape index (κ3) is 4.84.